The molecule has 1 heterocycles. The number of aromatic nitrogens is 2. The molecule has 0 atom stereocenters. The van der Waals surface area contributed by atoms with Gasteiger partial charge in [-0.1, -0.05) is 13.8 Å². The first kappa shape index (κ1) is 12.7. The minimum Gasteiger partial charge on any atom is -0.383 e. The quantitative estimate of drug-likeness (QED) is 0.720. The number of anilines is 2. The molecule has 1 aromatic rings. The Morgan fingerprint density at radius 2 is 2.11 bits per heavy atom. The lowest BCUT2D eigenvalue weighted by molar-refractivity contribution is 0.606. The fourth-order valence-corrected chi connectivity index (χ4v) is 1.90. The highest BCUT2D eigenvalue weighted by Gasteiger charge is 2.37. The van der Waals surface area contributed by atoms with Gasteiger partial charge in [0.25, 0.3) is 5.56 Å². The van der Waals surface area contributed by atoms with Crippen molar-refractivity contribution < 1.29 is 0 Å². The maximum absolute atomic E-state index is 11.7. The molecule has 0 bridgehead atoms. The van der Waals surface area contributed by atoms with Gasteiger partial charge in [-0.15, -0.1) is 0 Å². The normalized spacial score (nSPS) is 16.6. The summed E-state index contributed by atoms with van der Waals surface area (Å²) in [6, 6.07) is 0. The van der Waals surface area contributed by atoms with Gasteiger partial charge < -0.3 is 11.1 Å². The van der Waals surface area contributed by atoms with Crippen LogP contribution in [0.2, 0.25) is 0 Å². The van der Waals surface area contributed by atoms with E-state index in [-0.39, 0.29) is 11.2 Å². The lowest BCUT2D eigenvalue weighted by Crippen LogP contribution is -2.34. The molecule has 100 valence electrons. The van der Waals surface area contributed by atoms with Gasteiger partial charge in [-0.25, -0.2) is 4.79 Å². The summed E-state index contributed by atoms with van der Waals surface area (Å²) in [6.45, 7) is 5.33. The molecule has 6 nitrogen and oxygen atoms in total. The topological polar surface area (TPSA) is 92.9 Å². The fourth-order valence-electron chi connectivity index (χ4n) is 1.90. The zero-order valence-electron chi connectivity index (χ0n) is 10.9. The molecule has 1 saturated carbocycles. The van der Waals surface area contributed by atoms with Crippen molar-refractivity contribution >= 4 is 11.5 Å². The van der Waals surface area contributed by atoms with Crippen LogP contribution >= 0.6 is 0 Å². The average molecular weight is 252 g/mol. The van der Waals surface area contributed by atoms with Crippen LogP contribution in [0, 0.1) is 5.41 Å². The summed E-state index contributed by atoms with van der Waals surface area (Å²) in [4.78, 5) is 25.7. The summed E-state index contributed by atoms with van der Waals surface area (Å²) >= 11 is 0. The molecule has 6 heteroatoms. The van der Waals surface area contributed by atoms with Crippen LogP contribution in [0.4, 0.5) is 11.5 Å². The van der Waals surface area contributed by atoms with Crippen molar-refractivity contribution in [1.29, 1.82) is 0 Å². The number of aromatic amines is 1. The van der Waals surface area contributed by atoms with Crippen LogP contribution in [0.15, 0.2) is 9.59 Å². The van der Waals surface area contributed by atoms with Crippen LogP contribution in [0.3, 0.4) is 0 Å². The zero-order valence-corrected chi connectivity index (χ0v) is 10.9. The summed E-state index contributed by atoms with van der Waals surface area (Å²) in [5.74, 6) is 0.231. The Bertz CT molecular complexity index is 554. The second-order valence-corrected chi connectivity index (χ2v) is 5.34. The van der Waals surface area contributed by atoms with E-state index in [1.807, 2.05) is 6.92 Å². The fraction of sp³-hybridized carbons (Fsp3) is 0.667. The zero-order chi connectivity index (χ0) is 13.3. The van der Waals surface area contributed by atoms with Gasteiger partial charge in [-0.3, -0.25) is 14.3 Å². The summed E-state index contributed by atoms with van der Waals surface area (Å²) in [7, 11) is 0. The summed E-state index contributed by atoms with van der Waals surface area (Å²) in [5, 5.41) is 3.08. The Morgan fingerprint density at radius 1 is 1.44 bits per heavy atom. The second kappa shape index (κ2) is 4.51. The molecule has 0 amide bonds. The SMILES string of the molecule is CCCn1c(N)c(NCC2(C)CC2)c(=O)[nH]c1=O. The van der Waals surface area contributed by atoms with E-state index in [4.69, 9.17) is 5.73 Å². The van der Waals surface area contributed by atoms with Gasteiger partial charge in [0.15, 0.2) is 0 Å². The van der Waals surface area contributed by atoms with Crippen molar-refractivity contribution in [2.45, 2.75) is 39.7 Å². The van der Waals surface area contributed by atoms with Gasteiger partial charge >= 0.3 is 5.69 Å². The molecule has 1 aromatic heterocycles. The molecular weight excluding hydrogens is 232 g/mol. The average Bonchev–Trinajstić information content (AvgIpc) is 3.02. The Balaban J connectivity index is 2.30. The van der Waals surface area contributed by atoms with Gasteiger partial charge in [0.05, 0.1) is 0 Å². The highest BCUT2D eigenvalue weighted by molar-refractivity contribution is 5.60. The van der Waals surface area contributed by atoms with Crippen molar-refractivity contribution in [3.05, 3.63) is 20.8 Å². The van der Waals surface area contributed by atoms with Crippen molar-refractivity contribution in [2.75, 3.05) is 17.6 Å². The standard InChI is InChI=1S/C12H20N4O2/c1-3-6-16-9(13)8(10(17)15-11(16)18)14-7-12(2)4-5-12/h14H,3-7,13H2,1-2H3,(H,15,17,18). The van der Waals surface area contributed by atoms with E-state index in [1.165, 1.54) is 4.57 Å². The molecule has 2 rings (SSSR count). The number of hydrogen-bond donors (Lipinski definition) is 3. The maximum atomic E-state index is 11.7. The van der Waals surface area contributed by atoms with E-state index in [0.29, 0.717) is 18.8 Å². The third-order valence-corrected chi connectivity index (χ3v) is 3.48. The Hall–Kier alpha value is -1.72. The van der Waals surface area contributed by atoms with Crippen LogP contribution in [0.5, 0.6) is 0 Å². The molecule has 18 heavy (non-hydrogen) atoms. The van der Waals surface area contributed by atoms with Gasteiger partial charge in [0.2, 0.25) is 0 Å². The molecule has 1 aliphatic carbocycles. The summed E-state index contributed by atoms with van der Waals surface area (Å²) in [5.41, 5.74) is 5.61. The number of nitrogen functional groups attached to an aromatic ring is 1. The Labute approximate surface area is 105 Å². The minimum absolute atomic E-state index is 0.231. The molecule has 4 N–H and O–H groups in total. The highest BCUT2D eigenvalue weighted by Crippen LogP contribution is 2.44. The van der Waals surface area contributed by atoms with E-state index < -0.39 is 11.2 Å². The smallest absolute Gasteiger partial charge is 0.330 e. The predicted octanol–water partition coefficient (Wildman–Crippen LogP) is 0.741. The molecule has 0 saturated heterocycles. The van der Waals surface area contributed by atoms with E-state index in [9.17, 15) is 9.59 Å². The van der Waals surface area contributed by atoms with Crippen LogP contribution in [0.25, 0.3) is 0 Å². The van der Waals surface area contributed by atoms with Gasteiger partial charge in [0.1, 0.15) is 11.5 Å². The number of nitrogens with two attached hydrogens (primary N) is 1. The molecule has 0 aromatic carbocycles. The van der Waals surface area contributed by atoms with Gasteiger partial charge in [0, 0.05) is 13.1 Å². The number of hydrogen-bond acceptors (Lipinski definition) is 4. The van der Waals surface area contributed by atoms with Gasteiger partial charge in [-0.2, -0.15) is 0 Å². The van der Waals surface area contributed by atoms with Crippen LogP contribution in [-0.2, 0) is 6.54 Å². The number of nitrogens with zero attached hydrogens (tertiary/aromatic N) is 1. The lowest BCUT2D eigenvalue weighted by Gasteiger charge is -2.15. The minimum atomic E-state index is -0.442. The van der Waals surface area contributed by atoms with E-state index in [2.05, 4.69) is 17.2 Å². The molecule has 0 spiro atoms. The van der Waals surface area contributed by atoms with E-state index in [1.54, 1.807) is 0 Å². The summed E-state index contributed by atoms with van der Waals surface area (Å²) < 4.78 is 1.40. The molecule has 0 unspecified atom stereocenters. The van der Waals surface area contributed by atoms with E-state index >= 15 is 0 Å². The van der Waals surface area contributed by atoms with Crippen molar-refractivity contribution in [3.8, 4) is 0 Å². The summed E-state index contributed by atoms with van der Waals surface area (Å²) in [6.07, 6.45) is 3.10. The molecule has 0 radical (unpaired) electrons. The van der Waals surface area contributed by atoms with Gasteiger partial charge in [-0.05, 0) is 24.7 Å². The van der Waals surface area contributed by atoms with Crippen LogP contribution in [-0.4, -0.2) is 16.1 Å². The molecule has 0 aliphatic heterocycles. The number of H-pyrrole nitrogens is 1. The van der Waals surface area contributed by atoms with E-state index in [0.717, 1.165) is 19.3 Å². The molecular formula is C12H20N4O2. The number of rotatable bonds is 5. The largest absolute Gasteiger partial charge is 0.383 e. The first-order valence-corrected chi connectivity index (χ1v) is 6.33. The third-order valence-electron chi connectivity index (χ3n) is 3.48. The van der Waals surface area contributed by atoms with Crippen molar-refractivity contribution in [1.82, 2.24) is 9.55 Å². The van der Waals surface area contributed by atoms with Crippen molar-refractivity contribution in [3.63, 3.8) is 0 Å². The maximum Gasteiger partial charge on any atom is 0.330 e. The monoisotopic (exact) mass is 252 g/mol. The predicted molar refractivity (Wildman–Crippen MR) is 71.9 cm³/mol. The first-order chi connectivity index (χ1) is 8.47. The highest BCUT2D eigenvalue weighted by atomic mass is 16.2. The molecule has 1 fully saturated rings. The first-order valence-electron chi connectivity index (χ1n) is 6.33. The Morgan fingerprint density at radius 3 is 2.67 bits per heavy atom. The van der Waals surface area contributed by atoms with Crippen LogP contribution in [0.1, 0.15) is 33.1 Å². The van der Waals surface area contributed by atoms with Crippen molar-refractivity contribution in [2.24, 2.45) is 5.41 Å². The second-order valence-electron chi connectivity index (χ2n) is 5.34. The Kier molecular flexibility index (Phi) is 3.19. The van der Waals surface area contributed by atoms with Crippen LogP contribution < -0.4 is 22.3 Å². The molecule has 1 aliphatic rings. The number of nitrogens with one attached hydrogen (secondary N) is 2. The lowest BCUT2D eigenvalue weighted by atomic mass is 10.1. The third kappa shape index (κ3) is 2.42.